The molecule has 0 heterocycles. The fourth-order valence-corrected chi connectivity index (χ4v) is 2.40. The Morgan fingerprint density at radius 1 is 0.917 bits per heavy atom. The van der Waals surface area contributed by atoms with Gasteiger partial charge in [-0.1, -0.05) is 12.1 Å². The number of aliphatic carboxylic acids is 3. The van der Waals surface area contributed by atoms with Crippen LogP contribution in [0.5, 0.6) is 0 Å². The minimum Gasteiger partial charge on any atom is -0.480 e. The highest BCUT2D eigenvalue weighted by atomic mass is 16.4. The lowest BCUT2D eigenvalue weighted by atomic mass is 9.75. The van der Waals surface area contributed by atoms with E-state index in [2.05, 4.69) is 0 Å². The van der Waals surface area contributed by atoms with Crippen LogP contribution in [0.2, 0.25) is 0 Å². The molecule has 0 saturated carbocycles. The van der Waals surface area contributed by atoms with Gasteiger partial charge in [-0.05, 0) is 35.4 Å². The Balaban J connectivity index is 2.68. The normalized spacial score (nSPS) is 15.8. The molecule has 0 bridgehead atoms. The van der Waals surface area contributed by atoms with Crippen molar-refractivity contribution in [1.29, 1.82) is 0 Å². The lowest BCUT2D eigenvalue weighted by Crippen LogP contribution is -2.40. The van der Waals surface area contributed by atoms with Crippen LogP contribution in [-0.4, -0.2) is 44.3 Å². The number of allylic oxidation sites excluding steroid dienone is 2. The van der Waals surface area contributed by atoms with E-state index in [9.17, 15) is 29.4 Å². The van der Waals surface area contributed by atoms with E-state index in [0.717, 1.165) is 12.2 Å². The zero-order chi connectivity index (χ0) is 18.1. The highest BCUT2D eigenvalue weighted by molar-refractivity contribution is 6.07. The van der Waals surface area contributed by atoms with E-state index in [1.54, 1.807) is 0 Å². The molecule has 8 nitrogen and oxygen atoms in total. The monoisotopic (exact) mass is 332 g/mol. The third kappa shape index (κ3) is 2.89. The van der Waals surface area contributed by atoms with Gasteiger partial charge in [0.2, 0.25) is 0 Å². The molecule has 1 aliphatic carbocycles. The molecular weight excluding hydrogens is 320 g/mol. The Morgan fingerprint density at radius 3 is 2.04 bits per heavy atom. The van der Waals surface area contributed by atoms with Crippen LogP contribution in [0.25, 0.3) is 5.57 Å². The fourth-order valence-electron chi connectivity index (χ4n) is 2.40. The van der Waals surface area contributed by atoms with Gasteiger partial charge in [0.05, 0.1) is 5.56 Å². The van der Waals surface area contributed by atoms with Gasteiger partial charge in [-0.2, -0.15) is 0 Å². The second-order valence-corrected chi connectivity index (χ2v) is 5.22. The Labute approximate surface area is 135 Å². The van der Waals surface area contributed by atoms with Crippen LogP contribution in [0.3, 0.4) is 0 Å². The summed E-state index contributed by atoms with van der Waals surface area (Å²) in [5.74, 6) is -6.07. The van der Waals surface area contributed by atoms with Gasteiger partial charge in [-0.25, -0.2) is 9.59 Å². The lowest BCUT2D eigenvalue weighted by Gasteiger charge is -2.26. The summed E-state index contributed by atoms with van der Waals surface area (Å²) in [6.07, 6.45) is 1.37. The molecule has 0 fully saturated rings. The lowest BCUT2D eigenvalue weighted by molar-refractivity contribution is -0.160. The van der Waals surface area contributed by atoms with Crippen LogP contribution in [0.15, 0.2) is 42.0 Å². The molecule has 0 aromatic heterocycles. The Morgan fingerprint density at radius 2 is 1.54 bits per heavy atom. The molecule has 1 aromatic carbocycles. The largest absolute Gasteiger partial charge is 0.480 e. The second kappa shape index (κ2) is 5.99. The van der Waals surface area contributed by atoms with Crippen LogP contribution in [-0.2, 0) is 14.4 Å². The second-order valence-electron chi connectivity index (χ2n) is 5.22. The van der Waals surface area contributed by atoms with Gasteiger partial charge in [0.15, 0.2) is 5.41 Å². The highest BCUT2D eigenvalue weighted by Crippen LogP contribution is 2.38. The molecule has 0 radical (unpaired) electrons. The molecule has 4 N–H and O–H groups in total. The summed E-state index contributed by atoms with van der Waals surface area (Å²) in [5, 5.41) is 36.8. The highest BCUT2D eigenvalue weighted by Gasteiger charge is 2.48. The first-order valence-corrected chi connectivity index (χ1v) is 6.64. The molecule has 0 aliphatic heterocycles. The molecule has 2 rings (SSSR count). The van der Waals surface area contributed by atoms with Crippen molar-refractivity contribution < 1.29 is 39.6 Å². The maximum atomic E-state index is 11.5. The van der Waals surface area contributed by atoms with Crippen LogP contribution >= 0.6 is 0 Å². The molecule has 24 heavy (non-hydrogen) atoms. The number of benzene rings is 1. The van der Waals surface area contributed by atoms with Gasteiger partial charge in [0.1, 0.15) is 0 Å². The average Bonchev–Trinajstić information content (AvgIpc) is 2.53. The molecule has 1 aliphatic rings. The van der Waals surface area contributed by atoms with Gasteiger partial charge in [0, 0.05) is 12.0 Å². The third-order valence-electron chi connectivity index (χ3n) is 3.68. The topological polar surface area (TPSA) is 149 Å². The number of carboxylic acid groups (broad SMARTS) is 4. The van der Waals surface area contributed by atoms with E-state index in [0.29, 0.717) is 0 Å². The van der Waals surface area contributed by atoms with Crippen molar-refractivity contribution in [3.8, 4) is 0 Å². The number of hydrogen-bond acceptors (Lipinski definition) is 4. The number of carbonyl (C=O) groups is 4. The summed E-state index contributed by atoms with van der Waals surface area (Å²) in [4.78, 5) is 45.3. The predicted octanol–water partition coefficient (Wildman–Crippen LogP) is 1.34. The minimum absolute atomic E-state index is 0.0200. The Bertz CT molecular complexity index is 801. The smallest absolute Gasteiger partial charge is 0.335 e. The van der Waals surface area contributed by atoms with Gasteiger partial charge in [-0.3, -0.25) is 9.59 Å². The summed E-state index contributed by atoms with van der Waals surface area (Å²) in [5.41, 5.74) is -2.69. The molecule has 0 unspecified atom stereocenters. The van der Waals surface area contributed by atoms with E-state index in [1.165, 1.54) is 24.3 Å². The Kier molecular flexibility index (Phi) is 4.23. The zero-order valence-corrected chi connectivity index (χ0v) is 12.1. The molecule has 0 saturated heterocycles. The minimum atomic E-state index is -2.43. The summed E-state index contributed by atoms with van der Waals surface area (Å²) in [7, 11) is 0. The number of hydrogen-bond donors (Lipinski definition) is 4. The van der Waals surface area contributed by atoms with E-state index in [-0.39, 0.29) is 16.7 Å². The maximum Gasteiger partial charge on any atom is 0.335 e. The summed E-state index contributed by atoms with van der Waals surface area (Å²) >= 11 is 0. The van der Waals surface area contributed by atoms with Crippen molar-refractivity contribution in [2.75, 3.05) is 0 Å². The average molecular weight is 332 g/mol. The van der Waals surface area contributed by atoms with Crippen LogP contribution in [0.1, 0.15) is 22.3 Å². The van der Waals surface area contributed by atoms with E-state index in [1.807, 2.05) is 0 Å². The first-order chi connectivity index (χ1) is 11.2. The van der Waals surface area contributed by atoms with E-state index >= 15 is 0 Å². The number of rotatable bonds is 5. The molecular formula is C16H12O8. The van der Waals surface area contributed by atoms with Crippen molar-refractivity contribution in [2.24, 2.45) is 5.41 Å². The first kappa shape index (κ1) is 16.9. The number of aromatic carboxylic acids is 1. The maximum absolute atomic E-state index is 11.5. The van der Waals surface area contributed by atoms with Crippen LogP contribution < -0.4 is 0 Å². The van der Waals surface area contributed by atoms with E-state index < -0.39 is 41.3 Å². The van der Waals surface area contributed by atoms with Gasteiger partial charge < -0.3 is 20.4 Å². The zero-order valence-electron chi connectivity index (χ0n) is 12.1. The van der Waals surface area contributed by atoms with Crippen molar-refractivity contribution in [3.63, 3.8) is 0 Å². The SMILES string of the molecule is O=C(O)C1=CC(c2cccc(C(=O)O)c2)=CC(C(=O)O)(C(=O)O)C1. The standard InChI is InChI=1S/C16H12O8/c17-12(18)9-3-1-2-8(4-9)10-5-11(13(19)20)7-16(6-10,14(21)22)15(23)24/h1-6H,7H2,(H,17,18)(H,19,20)(H,21,22)(H,23,24). The molecule has 8 heteroatoms. The predicted molar refractivity (Wildman–Crippen MR) is 79.4 cm³/mol. The summed E-state index contributed by atoms with van der Waals surface area (Å²) in [6.45, 7) is 0. The van der Waals surface area contributed by atoms with Gasteiger partial charge in [-0.15, -0.1) is 0 Å². The van der Waals surface area contributed by atoms with E-state index in [4.69, 9.17) is 10.2 Å². The summed E-state index contributed by atoms with van der Waals surface area (Å²) < 4.78 is 0. The van der Waals surface area contributed by atoms with Crippen LogP contribution in [0.4, 0.5) is 0 Å². The summed E-state index contributed by atoms with van der Waals surface area (Å²) in [6, 6.07) is 5.35. The van der Waals surface area contributed by atoms with Crippen molar-refractivity contribution >= 4 is 29.5 Å². The van der Waals surface area contributed by atoms with Crippen molar-refractivity contribution in [3.05, 3.63) is 53.1 Å². The third-order valence-corrected chi connectivity index (χ3v) is 3.68. The quantitative estimate of drug-likeness (QED) is 0.590. The van der Waals surface area contributed by atoms with Crippen molar-refractivity contribution in [1.82, 2.24) is 0 Å². The van der Waals surface area contributed by atoms with Gasteiger partial charge in [0.25, 0.3) is 0 Å². The fraction of sp³-hybridized carbons (Fsp3) is 0.125. The molecule has 0 spiro atoms. The molecule has 124 valence electrons. The first-order valence-electron chi connectivity index (χ1n) is 6.64. The molecule has 1 aromatic rings. The van der Waals surface area contributed by atoms with Crippen LogP contribution in [0, 0.1) is 5.41 Å². The molecule has 0 amide bonds. The van der Waals surface area contributed by atoms with Gasteiger partial charge >= 0.3 is 23.9 Å². The van der Waals surface area contributed by atoms with Crippen molar-refractivity contribution in [2.45, 2.75) is 6.42 Å². The number of carboxylic acids is 4. The molecule has 0 atom stereocenters. The Hall–Kier alpha value is -3.42.